The zero-order valence-electron chi connectivity index (χ0n) is 7.09. The minimum absolute atomic E-state index is 0.375. The van der Waals surface area contributed by atoms with Crippen LogP contribution in [0.15, 0.2) is 12.3 Å². The Kier molecular flexibility index (Phi) is 2.63. The summed E-state index contributed by atoms with van der Waals surface area (Å²) in [6, 6.07) is -0.232. The zero-order valence-corrected chi connectivity index (χ0v) is 7.09. The average molecular weight is 208 g/mol. The fourth-order valence-electron chi connectivity index (χ4n) is 0.846. The summed E-state index contributed by atoms with van der Waals surface area (Å²) >= 11 is 0. The quantitative estimate of drug-likeness (QED) is 0.678. The monoisotopic (exact) mass is 208 g/mol. The second-order valence-electron chi connectivity index (χ2n) is 2.30. The number of hydrogen-bond acceptors (Lipinski definition) is 2. The molecule has 1 aromatic heterocycles. The third kappa shape index (κ3) is 1.95. The van der Waals surface area contributed by atoms with E-state index in [1.165, 1.54) is 0 Å². The maximum atomic E-state index is 12.3. The van der Waals surface area contributed by atoms with Crippen LogP contribution in [0.5, 0.6) is 0 Å². The van der Waals surface area contributed by atoms with E-state index < -0.39 is 18.1 Å². The number of nitrogens with zero attached hydrogens (tertiary/aromatic N) is 2. The van der Waals surface area contributed by atoms with Crippen molar-refractivity contribution in [3.63, 3.8) is 0 Å². The van der Waals surface area contributed by atoms with E-state index in [0.717, 1.165) is 19.3 Å². The molecule has 5 nitrogen and oxygen atoms in total. The molecule has 0 aliphatic heterocycles. The van der Waals surface area contributed by atoms with E-state index in [9.17, 15) is 18.0 Å². The van der Waals surface area contributed by atoms with Crippen molar-refractivity contribution in [3.8, 4) is 0 Å². The van der Waals surface area contributed by atoms with Crippen LogP contribution in [-0.4, -0.2) is 29.6 Å². The number of rotatable bonds is 1. The van der Waals surface area contributed by atoms with Gasteiger partial charge in [-0.2, -0.15) is 10.00 Å². The smallest absolute Gasteiger partial charge is 0.340 e. The number of nitrogens with one attached hydrogen (secondary N) is 2. The predicted molar refractivity (Wildman–Crippen MR) is 41.6 cm³/mol. The molecule has 0 fully saturated rings. The first kappa shape index (κ1) is 10.4. The minimum atomic E-state index is -4.79. The summed E-state index contributed by atoms with van der Waals surface area (Å²) in [5.41, 5.74) is 0. The van der Waals surface area contributed by atoms with E-state index in [1.807, 2.05) is 5.32 Å². The molecule has 1 rings (SSSR count). The van der Waals surface area contributed by atoms with E-state index in [-0.39, 0.29) is 4.90 Å². The molecule has 0 aliphatic carbocycles. The summed E-state index contributed by atoms with van der Waals surface area (Å²) in [6.07, 6.45) is -3.66. The van der Waals surface area contributed by atoms with Gasteiger partial charge in [0.05, 0.1) is 6.20 Å². The normalized spacial score (nSPS) is 11.1. The van der Waals surface area contributed by atoms with Gasteiger partial charge in [0, 0.05) is 13.1 Å². The second-order valence-corrected chi connectivity index (χ2v) is 2.30. The van der Waals surface area contributed by atoms with E-state index in [1.54, 1.807) is 0 Å². The van der Waals surface area contributed by atoms with Crippen molar-refractivity contribution in [2.45, 2.75) is 6.30 Å². The summed E-state index contributed by atoms with van der Waals surface area (Å²) in [7, 11) is 1.11. The first-order valence-corrected chi connectivity index (χ1v) is 3.55. The van der Waals surface area contributed by atoms with Crippen molar-refractivity contribution >= 4 is 11.8 Å². The third-order valence-electron chi connectivity index (χ3n) is 1.40. The number of halogens is 3. The Morgan fingerprint density at radius 1 is 1.64 bits per heavy atom. The van der Waals surface area contributed by atoms with Crippen molar-refractivity contribution in [2.75, 3.05) is 11.9 Å². The Morgan fingerprint density at radius 3 is 2.64 bits per heavy atom. The largest absolute Gasteiger partial charge is 0.494 e. The minimum Gasteiger partial charge on any atom is -0.340 e. The van der Waals surface area contributed by atoms with Gasteiger partial charge >= 0.3 is 12.3 Å². The van der Waals surface area contributed by atoms with Crippen LogP contribution in [-0.2, 0) is 0 Å². The van der Waals surface area contributed by atoms with Crippen LogP contribution in [0, 0.1) is 0 Å². The lowest BCUT2D eigenvalue weighted by atomic mass is 10.5. The van der Waals surface area contributed by atoms with Crippen molar-refractivity contribution in [1.82, 2.24) is 15.5 Å². The first-order valence-electron chi connectivity index (χ1n) is 3.55. The highest BCUT2D eigenvalue weighted by molar-refractivity contribution is 5.91. The van der Waals surface area contributed by atoms with Crippen molar-refractivity contribution < 1.29 is 18.0 Å². The van der Waals surface area contributed by atoms with Gasteiger partial charge in [0.1, 0.15) is 5.82 Å². The molecule has 14 heavy (non-hydrogen) atoms. The van der Waals surface area contributed by atoms with Crippen molar-refractivity contribution in [3.05, 3.63) is 12.3 Å². The molecule has 0 atom stereocenters. The maximum Gasteiger partial charge on any atom is 0.494 e. The highest BCUT2D eigenvalue weighted by Gasteiger charge is 2.42. The molecule has 0 unspecified atom stereocenters. The van der Waals surface area contributed by atoms with E-state index in [0.29, 0.717) is 0 Å². The SMILES string of the molecule is CNC(=O)N(c1ccn[nH]1)C(F)(F)F. The van der Waals surface area contributed by atoms with Gasteiger partial charge in [0.2, 0.25) is 0 Å². The Balaban J connectivity index is 3.01. The Morgan fingerprint density at radius 2 is 2.29 bits per heavy atom. The van der Waals surface area contributed by atoms with Gasteiger partial charge in [-0.25, -0.2) is 4.79 Å². The van der Waals surface area contributed by atoms with Crippen LogP contribution in [0.3, 0.4) is 0 Å². The van der Waals surface area contributed by atoms with E-state index >= 15 is 0 Å². The molecule has 2 N–H and O–H groups in total. The molecular formula is C6H7F3N4O. The number of H-pyrrole nitrogens is 1. The van der Waals surface area contributed by atoms with E-state index in [4.69, 9.17) is 0 Å². The summed E-state index contributed by atoms with van der Waals surface area (Å²) in [4.78, 5) is 10.5. The number of carbonyl (C=O) groups is 1. The fraction of sp³-hybridized carbons (Fsp3) is 0.333. The molecule has 0 aromatic carbocycles. The Labute approximate surface area is 76.9 Å². The lowest BCUT2D eigenvalue weighted by molar-refractivity contribution is -0.121. The summed E-state index contributed by atoms with van der Waals surface area (Å²) < 4.78 is 37.0. The average Bonchev–Trinajstić information content (AvgIpc) is 2.54. The van der Waals surface area contributed by atoms with Crippen LogP contribution in [0.4, 0.5) is 23.8 Å². The summed E-state index contributed by atoms with van der Waals surface area (Å²) in [5.74, 6) is -0.433. The number of aromatic amines is 1. The number of carbonyl (C=O) groups excluding carboxylic acids is 1. The molecule has 78 valence electrons. The molecule has 1 aromatic rings. The Hall–Kier alpha value is -1.73. The molecule has 0 saturated carbocycles. The highest BCUT2D eigenvalue weighted by atomic mass is 19.4. The zero-order chi connectivity index (χ0) is 10.8. The van der Waals surface area contributed by atoms with Crippen molar-refractivity contribution in [2.24, 2.45) is 0 Å². The number of amides is 2. The van der Waals surface area contributed by atoms with Crippen LogP contribution in [0.25, 0.3) is 0 Å². The molecule has 0 saturated heterocycles. The van der Waals surface area contributed by atoms with Gasteiger partial charge in [0.25, 0.3) is 0 Å². The van der Waals surface area contributed by atoms with Crippen LogP contribution >= 0.6 is 0 Å². The van der Waals surface area contributed by atoms with E-state index in [2.05, 4.69) is 10.2 Å². The summed E-state index contributed by atoms with van der Waals surface area (Å²) in [6.45, 7) is 0. The molecule has 2 amide bonds. The standard InChI is InChI=1S/C6H7F3N4O/c1-10-5(14)13(6(7,8)9)4-2-3-11-12-4/h2-3H,1H3,(H,10,14)(H,11,12). The predicted octanol–water partition coefficient (Wildman–Crippen LogP) is 1.08. The molecular weight excluding hydrogens is 201 g/mol. The molecule has 0 aliphatic rings. The van der Waals surface area contributed by atoms with Crippen molar-refractivity contribution in [1.29, 1.82) is 0 Å². The number of alkyl halides is 3. The molecule has 0 spiro atoms. The number of hydrogen-bond donors (Lipinski definition) is 2. The van der Waals surface area contributed by atoms with Crippen LogP contribution < -0.4 is 10.2 Å². The first-order chi connectivity index (χ1) is 6.46. The van der Waals surface area contributed by atoms with Gasteiger partial charge in [-0.1, -0.05) is 0 Å². The topological polar surface area (TPSA) is 61.0 Å². The van der Waals surface area contributed by atoms with Gasteiger partial charge in [0.15, 0.2) is 0 Å². The number of urea groups is 1. The lowest BCUT2D eigenvalue weighted by Gasteiger charge is -2.22. The third-order valence-corrected chi connectivity index (χ3v) is 1.40. The molecule has 8 heteroatoms. The number of anilines is 1. The number of aromatic nitrogens is 2. The van der Waals surface area contributed by atoms with Gasteiger partial charge in [-0.05, 0) is 0 Å². The fourth-order valence-corrected chi connectivity index (χ4v) is 0.846. The molecule has 0 radical (unpaired) electrons. The van der Waals surface area contributed by atoms with Crippen LogP contribution in [0.1, 0.15) is 0 Å². The van der Waals surface area contributed by atoms with Gasteiger partial charge in [-0.15, -0.1) is 13.2 Å². The lowest BCUT2D eigenvalue weighted by Crippen LogP contribution is -2.47. The summed E-state index contributed by atoms with van der Waals surface area (Å²) in [5, 5.41) is 7.26. The molecule has 1 heterocycles. The highest BCUT2D eigenvalue weighted by Crippen LogP contribution is 2.26. The maximum absolute atomic E-state index is 12.3. The molecule has 0 bridgehead atoms. The van der Waals surface area contributed by atoms with Gasteiger partial charge in [-0.3, -0.25) is 5.10 Å². The Bertz CT molecular complexity index is 307. The van der Waals surface area contributed by atoms with Crippen LogP contribution in [0.2, 0.25) is 0 Å². The second kappa shape index (κ2) is 3.56. The van der Waals surface area contributed by atoms with Gasteiger partial charge < -0.3 is 5.32 Å².